The SMILES string of the molecule is COC(=O)CCCCCCCCCC[C@@H]1CC[C@@H](Br)[C@@H]1Br. The number of esters is 1. The van der Waals surface area contributed by atoms with Crippen molar-refractivity contribution < 1.29 is 9.53 Å². The summed E-state index contributed by atoms with van der Waals surface area (Å²) in [6, 6.07) is 0. The molecule has 0 N–H and O–H groups in total. The summed E-state index contributed by atoms with van der Waals surface area (Å²) in [5.41, 5.74) is 0. The molecular formula is C17H30Br2O2. The topological polar surface area (TPSA) is 26.3 Å². The molecular weight excluding hydrogens is 396 g/mol. The van der Waals surface area contributed by atoms with Gasteiger partial charge in [0, 0.05) is 16.1 Å². The molecule has 1 fully saturated rings. The predicted octanol–water partition coefficient (Wildman–Crippen LogP) is 6.00. The Bertz CT molecular complexity index is 284. The fourth-order valence-corrected chi connectivity index (χ4v) is 4.62. The Morgan fingerprint density at radius 3 is 2.05 bits per heavy atom. The Labute approximate surface area is 147 Å². The Morgan fingerprint density at radius 1 is 0.952 bits per heavy atom. The molecule has 0 aromatic heterocycles. The maximum Gasteiger partial charge on any atom is 0.305 e. The molecule has 0 aromatic rings. The number of ether oxygens (including phenoxy) is 1. The zero-order chi connectivity index (χ0) is 15.5. The van der Waals surface area contributed by atoms with Crippen LogP contribution in [-0.4, -0.2) is 22.7 Å². The van der Waals surface area contributed by atoms with Crippen LogP contribution in [0.15, 0.2) is 0 Å². The molecule has 0 amide bonds. The lowest BCUT2D eigenvalue weighted by molar-refractivity contribution is -0.140. The first-order valence-electron chi connectivity index (χ1n) is 8.50. The van der Waals surface area contributed by atoms with Crippen molar-refractivity contribution in [3.63, 3.8) is 0 Å². The number of carbonyl (C=O) groups excluding carboxylic acids is 1. The van der Waals surface area contributed by atoms with Crippen LogP contribution in [0.3, 0.4) is 0 Å². The summed E-state index contributed by atoms with van der Waals surface area (Å²) < 4.78 is 4.63. The smallest absolute Gasteiger partial charge is 0.305 e. The van der Waals surface area contributed by atoms with Crippen molar-refractivity contribution in [3.8, 4) is 0 Å². The molecule has 4 heteroatoms. The van der Waals surface area contributed by atoms with E-state index in [9.17, 15) is 4.79 Å². The van der Waals surface area contributed by atoms with Crippen LogP contribution >= 0.6 is 31.9 Å². The lowest BCUT2D eigenvalue weighted by Crippen LogP contribution is -2.13. The van der Waals surface area contributed by atoms with Crippen molar-refractivity contribution >= 4 is 37.8 Å². The zero-order valence-electron chi connectivity index (χ0n) is 13.3. The molecule has 1 aliphatic rings. The van der Waals surface area contributed by atoms with E-state index in [-0.39, 0.29) is 5.97 Å². The summed E-state index contributed by atoms with van der Waals surface area (Å²) in [5, 5.41) is 0. The lowest BCUT2D eigenvalue weighted by atomic mass is 9.98. The van der Waals surface area contributed by atoms with E-state index in [1.54, 1.807) is 0 Å². The van der Waals surface area contributed by atoms with Crippen LogP contribution in [0.5, 0.6) is 0 Å². The lowest BCUT2D eigenvalue weighted by Gasteiger charge is -2.15. The van der Waals surface area contributed by atoms with Crippen LogP contribution in [0.4, 0.5) is 0 Å². The van der Waals surface area contributed by atoms with Crippen molar-refractivity contribution in [2.45, 2.75) is 86.7 Å². The van der Waals surface area contributed by atoms with E-state index in [4.69, 9.17) is 0 Å². The van der Waals surface area contributed by atoms with Crippen molar-refractivity contribution in [1.29, 1.82) is 0 Å². The Balaban J connectivity index is 1.82. The largest absolute Gasteiger partial charge is 0.469 e. The minimum Gasteiger partial charge on any atom is -0.469 e. The van der Waals surface area contributed by atoms with E-state index in [0.29, 0.717) is 16.1 Å². The van der Waals surface area contributed by atoms with Gasteiger partial charge in [-0.25, -0.2) is 0 Å². The zero-order valence-corrected chi connectivity index (χ0v) is 16.5. The van der Waals surface area contributed by atoms with Gasteiger partial charge in [0.15, 0.2) is 0 Å². The van der Waals surface area contributed by atoms with E-state index in [0.717, 1.165) is 18.8 Å². The van der Waals surface area contributed by atoms with Crippen LogP contribution < -0.4 is 0 Å². The molecule has 1 saturated carbocycles. The van der Waals surface area contributed by atoms with Crippen molar-refractivity contribution in [2.75, 3.05) is 7.11 Å². The Hall–Kier alpha value is 0.430. The summed E-state index contributed by atoms with van der Waals surface area (Å²) in [4.78, 5) is 12.3. The van der Waals surface area contributed by atoms with Gasteiger partial charge in [-0.2, -0.15) is 0 Å². The number of alkyl halides is 2. The van der Waals surface area contributed by atoms with Crippen LogP contribution in [0.1, 0.15) is 77.0 Å². The quantitative estimate of drug-likeness (QED) is 0.230. The first-order chi connectivity index (χ1) is 10.1. The van der Waals surface area contributed by atoms with E-state index in [2.05, 4.69) is 36.6 Å². The number of rotatable bonds is 11. The average Bonchev–Trinajstić information content (AvgIpc) is 2.80. The monoisotopic (exact) mass is 424 g/mol. The van der Waals surface area contributed by atoms with Gasteiger partial charge in [-0.05, 0) is 31.6 Å². The molecule has 0 aliphatic heterocycles. The number of unbranched alkanes of at least 4 members (excludes halogenated alkanes) is 7. The summed E-state index contributed by atoms with van der Waals surface area (Å²) in [6.07, 6.45) is 14.9. The number of halogens is 2. The summed E-state index contributed by atoms with van der Waals surface area (Å²) in [7, 11) is 1.46. The molecule has 3 atom stereocenters. The number of carbonyl (C=O) groups is 1. The van der Waals surface area contributed by atoms with Crippen LogP contribution in [-0.2, 0) is 9.53 Å². The number of hydrogen-bond acceptors (Lipinski definition) is 2. The molecule has 21 heavy (non-hydrogen) atoms. The van der Waals surface area contributed by atoms with Gasteiger partial charge >= 0.3 is 5.97 Å². The maximum absolute atomic E-state index is 10.9. The Morgan fingerprint density at radius 2 is 1.52 bits per heavy atom. The third kappa shape index (κ3) is 8.59. The minimum absolute atomic E-state index is 0.0715. The van der Waals surface area contributed by atoms with Crippen LogP contribution in [0.25, 0.3) is 0 Å². The van der Waals surface area contributed by atoms with Gasteiger partial charge in [0.1, 0.15) is 0 Å². The summed E-state index contributed by atoms with van der Waals surface area (Å²) in [5.74, 6) is 0.811. The van der Waals surface area contributed by atoms with Gasteiger partial charge in [0.05, 0.1) is 7.11 Å². The molecule has 0 saturated heterocycles. The normalized spacial score (nSPS) is 25.2. The van der Waals surface area contributed by atoms with Crippen molar-refractivity contribution in [1.82, 2.24) is 0 Å². The highest BCUT2D eigenvalue weighted by molar-refractivity contribution is 9.12. The highest BCUT2D eigenvalue weighted by Crippen LogP contribution is 2.39. The maximum atomic E-state index is 10.9. The minimum atomic E-state index is -0.0715. The molecule has 0 bridgehead atoms. The molecule has 0 spiro atoms. The molecule has 1 aliphatic carbocycles. The van der Waals surface area contributed by atoms with Gasteiger partial charge in [0.2, 0.25) is 0 Å². The van der Waals surface area contributed by atoms with Crippen molar-refractivity contribution in [2.24, 2.45) is 5.92 Å². The van der Waals surface area contributed by atoms with E-state index >= 15 is 0 Å². The van der Waals surface area contributed by atoms with Gasteiger partial charge < -0.3 is 4.74 Å². The standard InChI is InChI=1S/C17H30Br2O2/c1-21-16(20)11-9-7-5-3-2-4-6-8-10-14-12-13-15(18)17(14)19/h14-15,17H,2-13H2,1H3/t14-,15-,17-/m1/s1. The van der Waals surface area contributed by atoms with E-state index in [1.807, 2.05) is 0 Å². The van der Waals surface area contributed by atoms with Crippen LogP contribution in [0.2, 0.25) is 0 Å². The highest BCUT2D eigenvalue weighted by Gasteiger charge is 2.31. The number of methoxy groups -OCH3 is 1. The number of hydrogen-bond donors (Lipinski definition) is 0. The second kappa shape index (κ2) is 11.9. The highest BCUT2D eigenvalue weighted by atomic mass is 79.9. The molecule has 0 heterocycles. The van der Waals surface area contributed by atoms with Gasteiger partial charge in [-0.15, -0.1) is 0 Å². The first kappa shape index (κ1) is 19.5. The van der Waals surface area contributed by atoms with E-state index in [1.165, 1.54) is 64.9 Å². The third-order valence-electron chi connectivity index (χ3n) is 4.54. The third-order valence-corrected chi connectivity index (χ3v) is 7.67. The average molecular weight is 426 g/mol. The fourth-order valence-electron chi connectivity index (χ4n) is 3.13. The second-order valence-electron chi connectivity index (χ2n) is 6.24. The molecule has 2 nitrogen and oxygen atoms in total. The summed E-state index contributed by atoms with van der Waals surface area (Å²) >= 11 is 7.57. The second-order valence-corrected chi connectivity index (χ2v) is 8.47. The van der Waals surface area contributed by atoms with Crippen LogP contribution in [0, 0.1) is 5.92 Å². The van der Waals surface area contributed by atoms with Gasteiger partial charge in [0.25, 0.3) is 0 Å². The molecule has 124 valence electrons. The van der Waals surface area contributed by atoms with Gasteiger partial charge in [-0.1, -0.05) is 76.8 Å². The summed E-state index contributed by atoms with van der Waals surface area (Å²) in [6.45, 7) is 0. The van der Waals surface area contributed by atoms with Crippen molar-refractivity contribution in [3.05, 3.63) is 0 Å². The molecule has 0 radical (unpaired) electrons. The predicted molar refractivity (Wildman–Crippen MR) is 96.3 cm³/mol. The Kier molecular flexibility index (Phi) is 11.1. The fraction of sp³-hybridized carbons (Fsp3) is 0.941. The molecule has 1 rings (SSSR count). The first-order valence-corrected chi connectivity index (χ1v) is 10.3. The molecule has 0 aromatic carbocycles. The molecule has 0 unspecified atom stereocenters. The van der Waals surface area contributed by atoms with E-state index < -0.39 is 0 Å². The van der Waals surface area contributed by atoms with Gasteiger partial charge in [-0.3, -0.25) is 4.79 Å².